The first-order valence-corrected chi connectivity index (χ1v) is 4.95. The van der Waals surface area contributed by atoms with Crippen LogP contribution in [0.5, 0.6) is 0 Å². The Hall–Kier alpha value is -1.35. The van der Waals surface area contributed by atoms with Crippen LogP contribution in [0.2, 0.25) is 0 Å². The van der Waals surface area contributed by atoms with E-state index in [0.717, 1.165) is 16.6 Å². The normalized spacial score (nSPS) is 16.4. The van der Waals surface area contributed by atoms with Gasteiger partial charge in [-0.2, -0.15) is 0 Å². The molecule has 1 N–H and O–H groups in total. The lowest BCUT2D eigenvalue weighted by Crippen LogP contribution is -1.91. The van der Waals surface area contributed by atoms with Crippen molar-refractivity contribution >= 4 is 11.0 Å². The van der Waals surface area contributed by atoms with Gasteiger partial charge in [-0.3, -0.25) is 0 Å². The van der Waals surface area contributed by atoms with Crippen LogP contribution in [-0.2, 0) is 6.61 Å². The van der Waals surface area contributed by atoms with E-state index in [1.165, 1.54) is 12.8 Å². The van der Waals surface area contributed by atoms with Crippen molar-refractivity contribution < 1.29 is 5.11 Å². The number of benzene rings is 1. The fraction of sp³-hybridized carbons (Fsp3) is 0.364. The van der Waals surface area contributed by atoms with Gasteiger partial charge in [0.25, 0.3) is 0 Å². The molecular weight excluding hydrogens is 176 g/mol. The van der Waals surface area contributed by atoms with E-state index in [2.05, 4.69) is 9.55 Å². The molecule has 0 aliphatic heterocycles. The van der Waals surface area contributed by atoms with Crippen LogP contribution in [0.3, 0.4) is 0 Å². The summed E-state index contributed by atoms with van der Waals surface area (Å²) in [5, 5.41) is 9.05. The molecule has 1 saturated carbocycles. The molecular formula is C11H12N2O. The number of aromatic nitrogens is 2. The molecule has 0 spiro atoms. The largest absolute Gasteiger partial charge is 0.392 e. The topological polar surface area (TPSA) is 38.1 Å². The third-order valence-electron chi connectivity index (χ3n) is 2.76. The molecule has 1 aliphatic rings. The number of rotatable bonds is 2. The third-order valence-corrected chi connectivity index (χ3v) is 2.76. The van der Waals surface area contributed by atoms with Crippen LogP contribution in [0.4, 0.5) is 0 Å². The van der Waals surface area contributed by atoms with Crippen molar-refractivity contribution in [2.75, 3.05) is 0 Å². The van der Waals surface area contributed by atoms with Crippen molar-refractivity contribution in [2.24, 2.45) is 0 Å². The van der Waals surface area contributed by atoms with Gasteiger partial charge in [-0.15, -0.1) is 0 Å². The minimum atomic E-state index is 0.103. The van der Waals surface area contributed by atoms with Crippen LogP contribution in [-0.4, -0.2) is 14.7 Å². The number of hydrogen-bond donors (Lipinski definition) is 1. The summed E-state index contributed by atoms with van der Waals surface area (Å²) in [7, 11) is 0. The fourth-order valence-electron chi connectivity index (χ4n) is 1.81. The molecule has 1 fully saturated rings. The van der Waals surface area contributed by atoms with Crippen molar-refractivity contribution in [3.8, 4) is 0 Å². The summed E-state index contributed by atoms with van der Waals surface area (Å²) in [5.74, 6) is 0. The molecule has 1 heterocycles. The lowest BCUT2D eigenvalue weighted by atomic mass is 10.2. The standard InChI is InChI=1S/C11H12N2O/c14-6-8-1-4-10-11(5-8)13(7-12-10)9-2-3-9/h1,4-5,7,9,14H,2-3,6H2. The summed E-state index contributed by atoms with van der Waals surface area (Å²) in [5.41, 5.74) is 3.13. The number of hydrogen-bond acceptors (Lipinski definition) is 2. The zero-order chi connectivity index (χ0) is 9.54. The summed E-state index contributed by atoms with van der Waals surface area (Å²) < 4.78 is 2.22. The Balaban J connectivity index is 2.20. The first-order valence-electron chi connectivity index (χ1n) is 4.95. The Morgan fingerprint density at radius 2 is 2.29 bits per heavy atom. The van der Waals surface area contributed by atoms with Crippen LogP contribution in [0.1, 0.15) is 24.4 Å². The maximum Gasteiger partial charge on any atom is 0.0960 e. The van der Waals surface area contributed by atoms with Gasteiger partial charge in [0.05, 0.1) is 24.0 Å². The minimum Gasteiger partial charge on any atom is -0.392 e. The SMILES string of the molecule is OCc1ccc2ncn(C3CC3)c2c1. The molecule has 0 saturated heterocycles. The van der Waals surface area contributed by atoms with Gasteiger partial charge in [0.15, 0.2) is 0 Å². The lowest BCUT2D eigenvalue weighted by molar-refractivity contribution is 0.282. The molecule has 3 nitrogen and oxygen atoms in total. The van der Waals surface area contributed by atoms with Crippen LogP contribution in [0, 0.1) is 0 Å². The van der Waals surface area contributed by atoms with Gasteiger partial charge in [0, 0.05) is 6.04 Å². The smallest absolute Gasteiger partial charge is 0.0960 e. The predicted molar refractivity (Wildman–Crippen MR) is 53.9 cm³/mol. The summed E-state index contributed by atoms with van der Waals surface area (Å²) in [6.07, 6.45) is 4.42. The van der Waals surface area contributed by atoms with Crippen molar-refractivity contribution in [3.05, 3.63) is 30.1 Å². The van der Waals surface area contributed by atoms with Crippen molar-refractivity contribution in [1.82, 2.24) is 9.55 Å². The molecule has 0 atom stereocenters. The Morgan fingerprint density at radius 3 is 3.00 bits per heavy atom. The van der Waals surface area contributed by atoms with Crippen LogP contribution < -0.4 is 0 Å². The van der Waals surface area contributed by atoms with E-state index in [9.17, 15) is 0 Å². The van der Waals surface area contributed by atoms with Gasteiger partial charge >= 0.3 is 0 Å². The zero-order valence-electron chi connectivity index (χ0n) is 7.85. The van der Waals surface area contributed by atoms with Gasteiger partial charge in [-0.1, -0.05) is 6.07 Å². The first-order chi connectivity index (χ1) is 6.88. The fourth-order valence-corrected chi connectivity index (χ4v) is 1.81. The summed E-state index contributed by atoms with van der Waals surface area (Å²) >= 11 is 0. The van der Waals surface area contributed by atoms with Crippen LogP contribution in [0.25, 0.3) is 11.0 Å². The van der Waals surface area contributed by atoms with E-state index in [0.29, 0.717) is 6.04 Å². The lowest BCUT2D eigenvalue weighted by Gasteiger charge is -2.01. The summed E-state index contributed by atoms with van der Waals surface area (Å²) in [6.45, 7) is 0.103. The average molecular weight is 188 g/mol. The second-order valence-electron chi connectivity index (χ2n) is 3.86. The third kappa shape index (κ3) is 1.13. The molecule has 2 aromatic rings. The van der Waals surface area contributed by atoms with Gasteiger partial charge in [0.1, 0.15) is 0 Å². The molecule has 1 aromatic carbocycles. The minimum absolute atomic E-state index is 0.103. The van der Waals surface area contributed by atoms with Gasteiger partial charge < -0.3 is 9.67 Å². The quantitative estimate of drug-likeness (QED) is 0.781. The maximum atomic E-state index is 9.05. The maximum absolute atomic E-state index is 9.05. The Bertz CT molecular complexity index is 471. The molecule has 14 heavy (non-hydrogen) atoms. The molecule has 72 valence electrons. The van der Waals surface area contributed by atoms with E-state index in [-0.39, 0.29) is 6.61 Å². The Morgan fingerprint density at radius 1 is 1.43 bits per heavy atom. The predicted octanol–water partition coefficient (Wildman–Crippen LogP) is 1.86. The number of fused-ring (bicyclic) bond motifs is 1. The molecule has 3 heteroatoms. The summed E-state index contributed by atoms with van der Waals surface area (Å²) in [4.78, 5) is 4.34. The molecule has 3 rings (SSSR count). The number of nitrogens with zero attached hydrogens (tertiary/aromatic N) is 2. The van der Waals surface area contributed by atoms with Gasteiger partial charge in [-0.05, 0) is 30.5 Å². The molecule has 1 aliphatic carbocycles. The van der Waals surface area contributed by atoms with Crippen LogP contribution in [0.15, 0.2) is 24.5 Å². The monoisotopic (exact) mass is 188 g/mol. The van der Waals surface area contributed by atoms with Crippen molar-refractivity contribution in [3.63, 3.8) is 0 Å². The van der Waals surface area contributed by atoms with E-state index in [4.69, 9.17) is 5.11 Å². The highest BCUT2D eigenvalue weighted by Gasteiger charge is 2.24. The second-order valence-corrected chi connectivity index (χ2v) is 3.86. The Labute approximate surface area is 82.0 Å². The number of aliphatic hydroxyl groups is 1. The van der Waals surface area contributed by atoms with E-state index < -0.39 is 0 Å². The van der Waals surface area contributed by atoms with Crippen molar-refractivity contribution in [2.45, 2.75) is 25.5 Å². The van der Waals surface area contributed by atoms with Gasteiger partial charge in [0.2, 0.25) is 0 Å². The van der Waals surface area contributed by atoms with Crippen molar-refractivity contribution in [1.29, 1.82) is 0 Å². The molecule has 0 unspecified atom stereocenters. The zero-order valence-corrected chi connectivity index (χ0v) is 7.85. The number of aliphatic hydroxyl groups excluding tert-OH is 1. The average Bonchev–Trinajstić information content (AvgIpc) is 2.98. The number of imidazole rings is 1. The first kappa shape index (κ1) is 8.00. The highest BCUT2D eigenvalue weighted by Crippen LogP contribution is 2.37. The molecule has 0 amide bonds. The highest BCUT2D eigenvalue weighted by molar-refractivity contribution is 5.76. The Kier molecular flexibility index (Phi) is 1.61. The molecule has 0 bridgehead atoms. The molecule has 1 aromatic heterocycles. The van der Waals surface area contributed by atoms with E-state index >= 15 is 0 Å². The second kappa shape index (κ2) is 2.82. The van der Waals surface area contributed by atoms with Gasteiger partial charge in [-0.25, -0.2) is 4.98 Å². The van der Waals surface area contributed by atoms with E-state index in [1.54, 1.807) is 0 Å². The molecule has 0 radical (unpaired) electrons. The highest BCUT2D eigenvalue weighted by atomic mass is 16.3. The summed E-state index contributed by atoms with van der Waals surface area (Å²) in [6, 6.07) is 6.57. The van der Waals surface area contributed by atoms with E-state index in [1.807, 2.05) is 24.5 Å². The van der Waals surface area contributed by atoms with Crippen LogP contribution >= 0.6 is 0 Å².